The fourth-order valence-corrected chi connectivity index (χ4v) is 3.67. The maximum absolute atomic E-state index is 15.4. The van der Waals surface area contributed by atoms with Crippen molar-refractivity contribution in [2.45, 2.75) is 72.1 Å². The first kappa shape index (κ1) is 27.1. The minimum atomic E-state index is -5.04. The van der Waals surface area contributed by atoms with Gasteiger partial charge in [-0.05, 0) is 48.3 Å². The highest BCUT2D eigenvalue weighted by Gasteiger charge is 2.66. The molecule has 2 atom stereocenters. The molecule has 1 aliphatic carbocycles. The second kappa shape index (κ2) is 10.1. The van der Waals surface area contributed by atoms with Crippen molar-refractivity contribution in [1.82, 2.24) is 0 Å². The first-order chi connectivity index (χ1) is 14.2. The molecule has 31 heavy (non-hydrogen) atoms. The Hall–Kier alpha value is -1.92. The van der Waals surface area contributed by atoms with Crippen LogP contribution in [0.1, 0.15) is 60.3 Å². The van der Waals surface area contributed by atoms with E-state index in [9.17, 15) is 13.2 Å². The van der Waals surface area contributed by atoms with Crippen molar-refractivity contribution >= 4 is 0 Å². The van der Waals surface area contributed by atoms with Gasteiger partial charge in [0.05, 0.1) is 18.3 Å². The molecule has 0 N–H and O–H groups in total. The van der Waals surface area contributed by atoms with Gasteiger partial charge in [-0.15, -0.1) is 0 Å². The summed E-state index contributed by atoms with van der Waals surface area (Å²) in [6.45, 7) is 14.8. The van der Waals surface area contributed by atoms with Gasteiger partial charge in [0.1, 0.15) is 11.6 Å². The molecule has 7 heteroatoms. The number of hydrogen-bond donors (Lipinski definition) is 0. The van der Waals surface area contributed by atoms with Crippen LogP contribution in [0.4, 0.5) is 26.3 Å². The van der Waals surface area contributed by atoms with Crippen LogP contribution in [0.15, 0.2) is 58.4 Å². The van der Waals surface area contributed by atoms with E-state index in [-0.39, 0.29) is 12.0 Å². The Morgan fingerprint density at radius 2 is 1.58 bits per heavy atom. The Labute approximate surface area is 181 Å². The number of halogens is 6. The lowest BCUT2D eigenvalue weighted by Gasteiger charge is -2.37. The van der Waals surface area contributed by atoms with Gasteiger partial charge in [-0.25, -0.2) is 8.78 Å². The van der Waals surface area contributed by atoms with E-state index in [4.69, 9.17) is 0 Å². The number of allylic oxidation sites excluding steroid dienone is 7. The Balaban J connectivity index is 3.70. The summed E-state index contributed by atoms with van der Waals surface area (Å²) in [7, 11) is 0.967. The number of alkyl halides is 4. The molecule has 0 fully saturated rings. The lowest BCUT2D eigenvalue weighted by Crippen LogP contribution is -2.48. The van der Waals surface area contributed by atoms with Gasteiger partial charge in [-0.3, -0.25) is 0 Å². The Morgan fingerprint density at radius 3 is 2.03 bits per heavy atom. The quantitative estimate of drug-likeness (QED) is 0.252. The summed E-state index contributed by atoms with van der Waals surface area (Å²) in [4.78, 5) is 0. The van der Waals surface area contributed by atoms with E-state index in [2.05, 4.69) is 17.9 Å². The van der Waals surface area contributed by atoms with Crippen molar-refractivity contribution in [2.75, 3.05) is 7.11 Å². The predicted octanol–water partition coefficient (Wildman–Crippen LogP) is 8.62. The molecule has 0 spiro atoms. The number of methoxy groups -OCH3 is 1. The molecule has 176 valence electrons. The van der Waals surface area contributed by atoms with Gasteiger partial charge >= 0.3 is 11.8 Å². The zero-order valence-corrected chi connectivity index (χ0v) is 19.1. The molecule has 0 aromatic heterocycles. The van der Waals surface area contributed by atoms with E-state index < -0.39 is 57.5 Å². The molecule has 0 saturated heterocycles. The van der Waals surface area contributed by atoms with Crippen molar-refractivity contribution in [3.8, 4) is 0 Å². The molecular weight excluding hydrogens is 418 g/mol. The first-order valence-corrected chi connectivity index (χ1v) is 10.4. The summed E-state index contributed by atoms with van der Waals surface area (Å²) < 4.78 is 94.2. The van der Waals surface area contributed by atoms with Crippen LogP contribution >= 0.6 is 0 Å². The van der Waals surface area contributed by atoms with E-state index in [0.29, 0.717) is 12.3 Å². The highest BCUT2D eigenvalue weighted by atomic mass is 19.3. The monoisotopic (exact) mass is 450 g/mol. The topological polar surface area (TPSA) is 9.23 Å². The molecule has 1 aliphatic rings. The minimum Gasteiger partial charge on any atom is -0.494 e. The number of rotatable bonds is 9. The molecule has 0 aliphatic heterocycles. The molecule has 0 bridgehead atoms. The Bertz CT molecular complexity index is 816. The van der Waals surface area contributed by atoms with Crippen LogP contribution in [-0.4, -0.2) is 19.0 Å². The molecule has 1 rings (SSSR count). The van der Waals surface area contributed by atoms with Gasteiger partial charge < -0.3 is 4.74 Å². The molecule has 0 radical (unpaired) electrons. The Kier molecular flexibility index (Phi) is 8.86. The van der Waals surface area contributed by atoms with E-state index in [0.717, 1.165) is 26.9 Å². The van der Waals surface area contributed by atoms with E-state index in [1.165, 1.54) is 0 Å². The maximum atomic E-state index is 15.4. The average Bonchev–Trinajstić information content (AvgIpc) is 2.70. The minimum absolute atomic E-state index is 0.0372. The maximum Gasteiger partial charge on any atom is 0.343 e. The van der Waals surface area contributed by atoms with Crippen molar-refractivity contribution in [3.05, 3.63) is 58.4 Å². The van der Waals surface area contributed by atoms with Crippen molar-refractivity contribution in [1.29, 1.82) is 0 Å². The molecular formula is C24H32F6O. The van der Waals surface area contributed by atoms with Gasteiger partial charge in [0.25, 0.3) is 0 Å². The van der Waals surface area contributed by atoms with Crippen molar-refractivity contribution in [3.63, 3.8) is 0 Å². The molecule has 2 unspecified atom stereocenters. The molecule has 0 heterocycles. The van der Waals surface area contributed by atoms with Gasteiger partial charge in [-0.1, -0.05) is 53.7 Å². The average molecular weight is 451 g/mol. The second-order valence-corrected chi connectivity index (χ2v) is 8.13. The normalized spacial score (nSPS) is 22.6. The van der Waals surface area contributed by atoms with Gasteiger partial charge in [-0.2, -0.15) is 17.6 Å². The zero-order valence-electron chi connectivity index (χ0n) is 19.1. The number of ether oxygens (including phenoxy) is 1. The SMILES string of the molecule is C=C(OC)/C(F)=C1\C(=C)C(C)=C(/C(F)=C(\CC)C(C)CCC(C)CC)C(F)(F)C1(F)F. The van der Waals surface area contributed by atoms with Crippen molar-refractivity contribution < 1.29 is 31.1 Å². The fraction of sp³-hybridized carbons (Fsp3) is 0.583. The summed E-state index contributed by atoms with van der Waals surface area (Å²) in [5.41, 5.74) is -4.27. The summed E-state index contributed by atoms with van der Waals surface area (Å²) in [6, 6.07) is 0. The fourth-order valence-electron chi connectivity index (χ4n) is 3.67. The molecule has 0 aromatic rings. The second-order valence-electron chi connectivity index (χ2n) is 8.13. The lowest BCUT2D eigenvalue weighted by atomic mass is 9.76. The lowest BCUT2D eigenvalue weighted by molar-refractivity contribution is -0.163. The van der Waals surface area contributed by atoms with Crippen LogP contribution in [-0.2, 0) is 4.74 Å². The summed E-state index contributed by atoms with van der Waals surface area (Å²) in [5, 5.41) is 0. The molecule has 0 aromatic carbocycles. The van der Waals surface area contributed by atoms with Gasteiger partial charge in [0.15, 0.2) is 5.83 Å². The number of hydrogen-bond acceptors (Lipinski definition) is 1. The van der Waals surface area contributed by atoms with Gasteiger partial charge in [0.2, 0.25) is 0 Å². The molecule has 1 nitrogen and oxygen atoms in total. The summed E-state index contributed by atoms with van der Waals surface area (Å²) in [6.07, 6.45) is 2.29. The predicted molar refractivity (Wildman–Crippen MR) is 112 cm³/mol. The van der Waals surface area contributed by atoms with Gasteiger partial charge in [0, 0.05) is 0 Å². The van der Waals surface area contributed by atoms with Crippen LogP contribution in [0.5, 0.6) is 0 Å². The highest BCUT2D eigenvalue weighted by molar-refractivity contribution is 5.63. The third-order valence-corrected chi connectivity index (χ3v) is 6.13. The van der Waals surface area contributed by atoms with Crippen LogP contribution in [0.25, 0.3) is 0 Å². The van der Waals surface area contributed by atoms with E-state index in [1.54, 1.807) is 13.8 Å². The smallest absolute Gasteiger partial charge is 0.343 e. The first-order valence-electron chi connectivity index (χ1n) is 10.4. The molecule has 0 saturated carbocycles. The zero-order chi connectivity index (χ0) is 24.3. The largest absolute Gasteiger partial charge is 0.494 e. The van der Waals surface area contributed by atoms with Crippen LogP contribution in [0.3, 0.4) is 0 Å². The Morgan fingerprint density at radius 1 is 1.03 bits per heavy atom. The molecule has 0 amide bonds. The van der Waals surface area contributed by atoms with E-state index in [1.807, 2.05) is 13.8 Å². The third kappa shape index (κ3) is 4.96. The van der Waals surface area contributed by atoms with Crippen LogP contribution in [0, 0.1) is 11.8 Å². The third-order valence-electron chi connectivity index (χ3n) is 6.13. The highest BCUT2D eigenvalue weighted by Crippen LogP contribution is 2.57. The van der Waals surface area contributed by atoms with Crippen LogP contribution in [0.2, 0.25) is 0 Å². The van der Waals surface area contributed by atoms with E-state index >= 15 is 13.2 Å². The summed E-state index contributed by atoms with van der Waals surface area (Å²) in [5.74, 6) is -14.0. The van der Waals surface area contributed by atoms with Crippen molar-refractivity contribution in [2.24, 2.45) is 11.8 Å². The summed E-state index contributed by atoms with van der Waals surface area (Å²) >= 11 is 0. The standard InChI is InChI=1S/C24H32F6O/c1-9-13(3)11-12-14(4)18(10-2)22(26)20-16(6)15(5)19(21(25)17(7)31-8)23(27,28)24(20,29)30/h13-14H,5,7,9-12H2,1-4,6,8H3/b21-19-,22-18-. The van der Waals surface area contributed by atoms with Crippen LogP contribution < -0.4 is 0 Å².